The monoisotopic (exact) mass is 294 g/mol. The molecule has 0 spiro atoms. The number of halogens is 1. The quantitative estimate of drug-likeness (QED) is 0.668. The second-order valence-electron chi connectivity index (χ2n) is 3.90. The van der Waals surface area contributed by atoms with Gasteiger partial charge in [-0.1, -0.05) is 11.6 Å². The van der Waals surface area contributed by atoms with E-state index < -0.39 is 0 Å². The summed E-state index contributed by atoms with van der Waals surface area (Å²) in [6.45, 7) is 2.61. The van der Waals surface area contributed by atoms with Crippen LogP contribution in [0.3, 0.4) is 0 Å². The second-order valence-corrected chi connectivity index (χ2v) is 5.34. The van der Waals surface area contributed by atoms with Gasteiger partial charge in [-0.2, -0.15) is 0 Å². The third kappa shape index (κ3) is 4.04. The summed E-state index contributed by atoms with van der Waals surface area (Å²) < 4.78 is 5.59. The molecule has 5 heteroatoms. The van der Waals surface area contributed by atoms with Crippen molar-refractivity contribution in [2.75, 3.05) is 12.3 Å². The number of nitrogens with two attached hydrogens (primary N) is 1. The average molecular weight is 295 g/mol. The first-order valence-corrected chi connectivity index (χ1v) is 7.31. The van der Waals surface area contributed by atoms with Gasteiger partial charge in [0.15, 0.2) is 0 Å². The van der Waals surface area contributed by atoms with Crippen LogP contribution in [0.4, 0.5) is 5.69 Å². The fourth-order valence-corrected chi connectivity index (χ4v) is 2.54. The molecule has 100 valence electrons. The van der Waals surface area contributed by atoms with Crippen molar-refractivity contribution in [2.45, 2.75) is 17.7 Å². The maximum absolute atomic E-state index is 5.81. The van der Waals surface area contributed by atoms with Crippen molar-refractivity contribution in [1.82, 2.24) is 4.98 Å². The van der Waals surface area contributed by atoms with Crippen molar-refractivity contribution in [2.24, 2.45) is 0 Å². The van der Waals surface area contributed by atoms with Gasteiger partial charge in [-0.05, 0) is 37.3 Å². The van der Waals surface area contributed by atoms with Crippen LogP contribution >= 0.6 is 23.4 Å². The Kier molecular flexibility index (Phi) is 4.93. The highest BCUT2D eigenvalue weighted by molar-refractivity contribution is 7.98. The number of thioether (sulfide) groups is 1. The number of hydrogen-bond acceptors (Lipinski definition) is 4. The summed E-state index contributed by atoms with van der Waals surface area (Å²) in [5.41, 5.74) is 7.63. The van der Waals surface area contributed by atoms with Crippen molar-refractivity contribution in [3.8, 4) is 5.75 Å². The van der Waals surface area contributed by atoms with E-state index in [2.05, 4.69) is 4.98 Å². The van der Waals surface area contributed by atoms with Crippen LogP contribution in [0.15, 0.2) is 41.6 Å². The fourth-order valence-electron chi connectivity index (χ4n) is 1.61. The maximum Gasteiger partial charge on any atom is 0.123 e. The molecular formula is C14H15ClN2OS. The Morgan fingerprint density at radius 2 is 2.16 bits per heavy atom. The normalized spacial score (nSPS) is 10.4. The van der Waals surface area contributed by atoms with E-state index in [4.69, 9.17) is 22.1 Å². The molecule has 0 aliphatic rings. The number of anilines is 1. The summed E-state index contributed by atoms with van der Waals surface area (Å²) in [5.74, 6) is 1.63. The molecule has 1 aromatic heterocycles. The van der Waals surface area contributed by atoms with Crippen LogP contribution in [0.2, 0.25) is 5.02 Å². The molecule has 0 unspecified atom stereocenters. The largest absolute Gasteiger partial charge is 0.494 e. The van der Waals surface area contributed by atoms with Crippen molar-refractivity contribution in [1.29, 1.82) is 0 Å². The lowest BCUT2D eigenvalue weighted by Gasteiger charge is -2.10. The number of pyridine rings is 1. The summed E-state index contributed by atoms with van der Waals surface area (Å²) >= 11 is 7.43. The van der Waals surface area contributed by atoms with E-state index in [-0.39, 0.29) is 0 Å². The summed E-state index contributed by atoms with van der Waals surface area (Å²) in [6.07, 6.45) is 1.65. The molecule has 0 aliphatic heterocycles. The predicted molar refractivity (Wildman–Crippen MR) is 80.8 cm³/mol. The van der Waals surface area contributed by atoms with E-state index in [0.29, 0.717) is 11.6 Å². The Hall–Kier alpha value is -1.39. The molecule has 0 fully saturated rings. The van der Waals surface area contributed by atoms with Crippen LogP contribution in [-0.4, -0.2) is 11.6 Å². The number of nitrogen functional groups attached to an aromatic ring is 1. The Morgan fingerprint density at radius 3 is 2.84 bits per heavy atom. The molecule has 0 aliphatic carbocycles. The molecule has 0 atom stereocenters. The molecule has 0 saturated carbocycles. The zero-order chi connectivity index (χ0) is 13.7. The first-order valence-electron chi connectivity index (χ1n) is 5.94. The number of rotatable bonds is 5. The third-order valence-corrected chi connectivity index (χ3v) is 3.68. The van der Waals surface area contributed by atoms with Gasteiger partial charge < -0.3 is 10.5 Å². The Balaban J connectivity index is 2.09. The van der Waals surface area contributed by atoms with Crippen LogP contribution in [0.5, 0.6) is 5.75 Å². The molecule has 3 nitrogen and oxygen atoms in total. The SMILES string of the molecule is CCOc1ccc(N)cc1CSc1ccc(Cl)cn1. The summed E-state index contributed by atoms with van der Waals surface area (Å²) in [6, 6.07) is 9.43. The van der Waals surface area contributed by atoms with Gasteiger partial charge in [0.05, 0.1) is 16.7 Å². The lowest BCUT2D eigenvalue weighted by Crippen LogP contribution is -1.97. The zero-order valence-corrected chi connectivity index (χ0v) is 12.2. The average Bonchev–Trinajstić information content (AvgIpc) is 2.41. The fraction of sp³-hybridized carbons (Fsp3) is 0.214. The van der Waals surface area contributed by atoms with E-state index in [9.17, 15) is 0 Å². The number of hydrogen-bond donors (Lipinski definition) is 1. The smallest absolute Gasteiger partial charge is 0.123 e. The molecule has 2 N–H and O–H groups in total. The van der Waals surface area contributed by atoms with Crippen LogP contribution in [0, 0.1) is 0 Å². The highest BCUT2D eigenvalue weighted by Crippen LogP contribution is 2.29. The number of nitrogens with zero attached hydrogens (tertiary/aromatic N) is 1. The number of benzene rings is 1. The Morgan fingerprint density at radius 1 is 1.32 bits per heavy atom. The van der Waals surface area contributed by atoms with Gasteiger partial charge in [-0.15, -0.1) is 11.8 Å². The van der Waals surface area contributed by atoms with E-state index in [0.717, 1.165) is 27.8 Å². The van der Waals surface area contributed by atoms with E-state index in [1.807, 2.05) is 37.3 Å². The van der Waals surface area contributed by atoms with Gasteiger partial charge in [0.1, 0.15) is 5.75 Å². The van der Waals surface area contributed by atoms with Crippen LogP contribution in [0.1, 0.15) is 12.5 Å². The first-order chi connectivity index (χ1) is 9.19. The van der Waals surface area contributed by atoms with Crippen molar-refractivity contribution >= 4 is 29.1 Å². The summed E-state index contributed by atoms with van der Waals surface area (Å²) in [4.78, 5) is 4.25. The number of ether oxygens (including phenoxy) is 1. The Labute approximate surface area is 122 Å². The standard InChI is InChI=1S/C14H15ClN2OS/c1-2-18-13-5-4-12(16)7-10(13)9-19-14-6-3-11(15)8-17-14/h3-8H,2,9,16H2,1H3. The lowest BCUT2D eigenvalue weighted by atomic mass is 10.2. The van der Waals surface area contributed by atoms with Gasteiger partial charge in [-0.25, -0.2) is 4.98 Å². The van der Waals surface area contributed by atoms with Gasteiger partial charge in [-0.3, -0.25) is 0 Å². The molecule has 0 bridgehead atoms. The third-order valence-electron chi connectivity index (χ3n) is 2.46. The highest BCUT2D eigenvalue weighted by Gasteiger charge is 2.05. The van der Waals surface area contributed by atoms with E-state index in [1.165, 1.54) is 0 Å². The minimum Gasteiger partial charge on any atom is -0.494 e. The second kappa shape index (κ2) is 6.68. The predicted octanol–water partition coefficient (Wildman–Crippen LogP) is 4.01. The molecule has 0 amide bonds. The Bertz CT molecular complexity index is 546. The molecule has 1 aromatic carbocycles. The molecule has 0 saturated heterocycles. The van der Waals surface area contributed by atoms with Crippen molar-refractivity contribution < 1.29 is 4.74 Å². The molecule has 19 heavy (non-hydrogen) atoms. The molecule has 2 rings (SSSR count). The summed E-state index contributed by atoms with van der Waals surface area (Å²) in [5, 5.41) is 1.57. The van der Waals surface area contributed by atoms with Crippen LogP contribution in [-0.2, 0) is 5.75 Å². The molecule has 1 heterocycles. The van der Waals surface area contributed by atoms with Crippen molar-refractivity contribution in [3.63, 3.8) is 0 Å². The minimum absolute atomic E-state index is 0.640. The zero-order valence-electron chi connectivity index (χ0n) is 10.6. The molecular weight excluding hydrogens is 280 g/mol. The van der Waals surface area contributed by atoms with Gasteiger partial charge in [0.25, 0.3) is 0 Å². The van der Waals surface area contributed by atoms with E-state index >= 15 is 0 Å². The minimum atomic E-state index is 0.640. The molecule has 2 aromatic rings. The molecule has 0 radical (unpaired) electrons. The maximum atomic E-state index is 5.81. The van der Waals surface area contributed by atoms with Gasteiger partial charge in [0.2, 0.25) is 0 Å². The lowest BCUT2D eigenvalue weighted by molar-refractivity contribution is 0.337. The van der Waals surface area contributed by atoms with Crippen LogP contribution in [0.25, 0.3) is 0 Å². The van der Waals surface area contributed by atoms with E-state index in [1.54, 1.807) is 18.0 Å². The summed E-state index contributed by atoms with van der Waals surface area (Å²) in [7, 11) is 0. The van der Waals surface area contributed by atoms with Crippen molar-refractivity contribution in [3.05, 3.63) is 47.1 Å². The van der Waals surface area contributed by atoms with Crippen LogP contribution < -0.4 is 10.5 Å². The van der Waals surface area contributed by atoms with Gasteiger partial charge in [0, 0.05) is 23.2 Å². The highest BCUT2D eigenvalue weighted by atomic mass is 35.5. The first kappa shape index (κ1) is 14.0. The number of aromatic nitrogens is 1. The topological polar surface area (TPSA) is 48.1 Å². The van der Waals surface area contributed by atoms with Gasteiger partial charge >= 0.3 is 0 Å².